The van der Waals surface area contributed by atoms with Crippen LogP contribution in [0.15, 0.2) is 18.2 Å². The van der Waals surface area contributed by atoms with Crippen LogP contribution in [0.3, 0.4) is 0 Å². The molecule has 2 saturated heterocycles. The summed E-state index contributed by atoms with van der Waals surface area (Å²) >= 11 is 1.80. The molecule has 1 amide bonds. The molecule has 0 bridgehead atoms. The topological polar surface area (TPSA) is 49.8 Å². The maximum atomic E-state index is 14.8. The molecule has 3 fully saturated rings. The van der Waals surface area contributed by atoms with Crippen molar-refractivity contribution in [2.75, 3.05) is 19.6 Å². The Labute approximate surface area is 216 Å². The number of thiazole rings is 1. The summed E-state index contributed by atoms with van der Waals surface area (Å²) in [5, 5.41) is 3.44. The molecule has 3 heterocycles. The number of benzene rings is 1. The number of rotatable bonds is 3. The number of fused-ring (bicyclic) bond motifs is 2. The monoisotopic (exact) mass is 514 g/mol. The summed E-state index contributed by atoms with van der Waals surface area (Å²) in [4.78, 5) is 22.8. The second kappa shape index (κ2) is 9.79. The highest BCUT2D eigenvalue weighted by Gasteiger charge is 2.56. The van der Waals surface area contributed by atoms with E-state index in [1.54, 1.807) is 11.3 Å². The average molecular weight is 515 g/mol. The van der Waals surface area contributed by atoms with Crippen LogP contribution in [0.25, 0.3) is 0 Å². The van der Waals surface area contributed by atoms with Gasteiger partial charge in [-0.2, -0.15) is 0 Å². The number of nitrogens with two attached hydrogens (primary N) is 1. The number of hydrogen-bond donors (Lipinski definition) is 1. The number of quaternary nitrogens is 1. The normalized spacial score (nSPS) is 31.1. The summed E-state index contributed by atoms with van der Waals surface area (Å²) in [5.74, 6) is -0.385. The van der Waals surface area contributed by atoms with Crippen LogP contribution in [0, 0.1) is 30.4 Å². The third-order valence-corrected chi connectivity index (χ3v) is 10.9. The van der Waals surface area contributed by atoms with Gasteiger partial charge in [-0.05, 0) is 75.8 Å². The van der Waals surface area contributed by atoms with E-state index in [0.29, 0.717) is 25.3 Å². The highest BCUT2D eigenvalue weighted by Crippen LogP contribution is 2.48. The van der Waals surface area contributed by atoms with Gasteiger partial charge in [-0.3, -0.25) is 4.79 Å². The van der Waals surface area contributed by atoms with E-state index in [-0.39, 0.29) is 34.8 Å². The van der Waals surface area contributed by atoms with Crippen LogP contribution >= 0.6 is 11.3 Å². The SMILES string of the molecule is Cc1nc2c(s1)[C@]1(CCC2)C[NH2+]C[C@H]1C(=O)N1CC[C@@H](c2c(F)cccc2F)C[C@H]1C1CCCCC1. The minimum Gasteiger partial charge on any atom is -0.345 e. The number of piperidine rings is 1. The maximum Gasteiger partial charge on any atom is 0.232 e. The van der Waals surface area contributed by atoms with Gasteiger partial charge in [0.2, 0.25) is 5.91 Å². The number of aryl methyl sites for hydroxylation is 2. The van der Waals surface area contributed by atoms with Crippen molar-refractivity contribution in [3.05, 3.63) is 51.0 Å². The number of likely N-dealkylation sites (tertiary alicyclic amines) is 1. The lowest BCUT2D eigenvalue weighted by molar-refractivity contribution is -0.640. The van der Waals surface area contributed by atoms with Crippen molar-refractivity contribution in [2.24, 2.45) is 11.8 Å². The Morgan fingerprint density at radius 1 is 1.14 bits per heavy atom. The number of amides is 1. The van der Waals surface area contributed by atoms with Crippen LogP contribution in [-0.2, 0) is 16.6 Å². The lowest BCUT2D eigenvalue weighted by Crippen LogP contribution is -2.82. The Morgan fingerprint density at radius 3 is 2.69 bits per heavy atom. The first-order valence-electron chi connectivity index (χ1n) is 14.0. The number of nitrogens with zero attached hydrogens (tertiary/aromatic N) is 2. The summed E-state index contributed by atoms with van der Waals surface area (Å²) in [6.45, 7) is 4.47. The first kappa shape index (κ1) is 24.5. The van der Waals surface area contributed by atoms with E-state index >= 15 is 0 Å². The van der Waals surface area contributed by atoms with Gasteiger partial charge in [0.25, 0.3) is 0 Å². The van der Waals surface area contributed by atoms with Gasteiger partial charge in [-0.15, -0.1) is 11.3 Å². The molecule has 6 rings (SSSR count). The van der Waals surface area contributed by atoms with Crippen molar-refractivity contribution >= 4 is 17.2 Å². The molecule has 2 N–H and O–H groups in total. The second-order valence-electron chi connectivity index (χ2n) is 11.7. The van der Waals surface area contributed by atoms with Crippen LogP contribution < -0.4 is 5.32 Å². The standard InChI is InChI=1S/C29H37F2N3OS/c1-18-33-24-11-6-13-29(27(24)36-18)17-32-16-21(29)28(35)34-14-12-20(26-22(30)9-5-10-23(26)31)15-25(34)19-7-3-2-4-8-19/h5,9-10,19-21,25,32H,2-4,6-8,11-17H2,1H3/p+1/t20-,21+,25+,29-/m1/s1. The summed E-state index contributed by atoms with van der Waals surface area (Å²) in [7, 11) is 0. The highest BCUT2D eigenvalue weighted by atomic mass is 32.1. The largest absolute Gasteiger partial charge is 0.345 e. The third kappa shape index (κ3) is 4.10. The van der Waals surface area contributed by atoms with Gasteiger partial charge < -0.3 is 10.2 Å². The summed E-state index contributed by atoms with van der Waals surface area (Å²) in [5.41, 5.74) is 1.34. The molecule has 2 aromatic rings. The van der Waals surface area contributed by atoms with Crippen molar-refractivity contribution < 1.29 is 18.9 Å². The van der Waals surface area contributed by atoms with Crippen LogP contribution in [0.4, 0.5) is 8.78 Å². The van der Waals surface area contributed by atoms with E-state index in [4.69, 9.17) is 4.98 Å². The van der Waals surface area contributed by atoms with Gasteiger partial charge in [-0.25, -0.2) is 13.8 Å². The van der Waals surface area contributed by atoms with Gasteiger partial charge in [-0.1, -0.05) is 25.3 Å². The maximum absolute atomic E-state index is 14.8. The van der Waals surface area contributed by atoms with Crippen molar-refractivity contribution in [2.45, 2.75) is 88.5 Å². The fraction of sp³-hybridized carbons (Fsp3) is 0.655. The molecular formula is C29H38F2N3OS+. The van der Waals surface area contributed by atoms with Crippen LogP contribution in [0.1, 0.15) is 84.8 Å². The second-order valence-corrected chi connectivity index (χ2v) is 12.9. The lowest BCUT2D eigenvalue weighted by atomic mass is 9.68. The average Bonchev–Trinajstić information content (AvgIpc) is 3.48. The fourth-order valence-electron chi connectivity index (χ4n) is 8.05. The predicted molar refractivity (Wildman–Crippen MR) is 137 cm³/mol. The molecule has 0 radical (unpaired) electrons. The van der Waals surface area contributed by atoms with Crippen LogP contribution in [0.5, 0.6) is 0 Å². The van der Waals surface area contributed by atoms with E-state index in [0.717, 1.165) is 50.2 Å². The zero-order valence-corrected chi connectivity index (χ0v) is 22.1. The zero-order valence-electron chi connectivity index (χ0n) is 21.3. The summed E-state index contributed by atoms with van der Waals surface area (Å²) in [6.07, 6.45) is 10.3. The van der Waals surface area contributed by atoms with Crippen molar-refractivity contribution in [3.63, 3.8) is 0 Å². The molecule has 2 aliphatic carbocycles. The number of carbonyl (C=O) groups is 1. The molecule has 4 atom stereocenters. The Balaban J connectivity index is 1.31. The first-order chi connectivity index (χ1) is 17.5. The smallest absolute Gasteiger partial charge is 0.232 e. The molecule has 2 aliphatic heterocycles. The minimum atomic E-state index is -0.443. The van der Waals surface area contributed by atoms with E-state index in [9.17, 15) is 13.6 Å². The summed E-state index contributed by atoms with van der Waals surface area (Å²) < 4.78 is 29.5. The van der Waals surface area contributed by atoms with Crippen molar-refractivity contribution in [1.29, 1.82) is 0 Å². The van der Waals surface area contributed by atoms with Crippen LogP contribution in [-0.4, -0.2) is 41.5 Å². The molecular weight excluding hydrogens is 476 g/mol. The molecule has 1 aromatic heterocycles. The Bertz CT molecular complexity index is 1110. The number of hydrogen-bond acceptors (Lipinski definition) is 3. The van der Waals surface area contributed by atoms with Gasteiger partial charge >= 0.3 is 0 Å². The number of aromatic nitrogens is 1. The molecule has 194 valence electrons. The molecule has 1 saturated carbocycles. The Kier molecular flexibility index (Phi) is 6.65. The number of carbonyl (C=O) groups excluding carboxylic acids is 1. The minimum absolute atomic E-state index is 0.0377. The van der Waals surface area contributed by atoms with Crippen LogP contribution in [0.2, 0.25) is 0 Å². The Morgan fingerprint density at radius 2 is 1.92 bits per heavy atom. The molecule has 7 heteroatoms. The van der Waals surface area contributed by atoms with Gasteiger partial charge in [0.15, 0.2) is 0 Å². The molecule has 4 aliphatic rings. The molecule has 1 aromatic carbocycles. The molecule has 4 nitrogen and oxygen atoms in total. The highest BCUT2D eigenvalue weighted by molar-refractivity contribution is 7.11. The van der Waals surface area contributed by atoms with Crippen molar-refractivity contribution in [3.8, 4) is 0 Å². The lowest BCUT2D eigenvalue weighted by Gasteiger charge is -2.47. The van der Waals surface area contributed by atoms with Gasteiger partial charge in [0.05, 0.1) is 29.2 Å². The van der Waals surface area contributed by atoms with Gasteiger partial charge in [0, 0.05) is 23.0 Å². The molecule has 1 spiro atoms. The molecule has 0 unspecified atom stereocenters. The zero-order chi connectivity index (χ0) is 24.9. The van der Waals surface area contributed by atoms with E-state index < -0.39 is 11.6 Å². The fourth-order valence-corrected chi connectivity index (χ4v) is 9.30. The first-order valence-corrected chi connectivity index (χ1v) is 14.8. The van der Waals surface area contributed by atoms with E-state index in [1.807, 2.05) is 0 Å². The van der Waals surface area contributed by atoms with Gasteiger partial charge in [0.1, 0.15) is 17.6 Å². The number of halogens is 2. The quantitative estimate of drug-likeness (QED) is 0.637. The van der Waals surface area contributed by atoms with E-state index in [1.165, 1.54) is 48.0 Å². The third-order valence-electron chi connectivity index (χ3n) is 9.70. The van der Waals surface area contributed by atoms with Crippen molar-refractivity contribution in [1.82, 2.24) is 9.88 Å². The summed E-state index contributed by atoms with van der Waals surface area (Å²) in [6, 6.07) is 4.27. The predicted octanol–water partition coefficient (Wildman–Crippen LogP) is 4.85. The molecule has 36 heavy (non-hydrogen) atoms. The van der Waals surface area contributed by atoms with E-state index in [2.05, 4.69) is 17.1 Å². The Hall–Kier alpha value is -1.86.